The predicted molar refractivity (Wildman–Crippen MR) is 52.1 cm³/mol. The zero-order valence-corrected chi connectivity index (χ0v) is 11.0. The molecule has 1 rings (SSSR count). The van der Waals surface area contributed by atoms with Gasteiger partial charge < -0.3 is 5.43 Å². The molecule has 0 aliphatic carbocycles. The molecule has 0 atom stereocenters. The van der Waals surface area contributed by atoms with E-state index in [0.717, 1.165) is 26.5 Å². The molecule has 1 aromatic heterocycles. The van der Waals surface area contributed by atoms with E-state index in [9.17, 15) is 0 Å². The topological polar surface area (TPSA) is 41.1 Å². The normalized spacial score (nSPS) is 10.7. The lowest BCUT2D eigenvalue weighted by molar-refractivity contribution is 0.827. The summed E-state index contributed by atoms with van der Waals surface area (Å²) >= 11 is 0. The van der Waals surface area contributed by atoms with Gasteiger partial charge in [-0.3, -0.25) is 4.34 Å². The van der Waals surface area contributed by atoms with Gasteiger partial charge in [0.1, 0.15) is 0 Å². The first kappa shape index (κ1) is 8.37. The standard InChI is InChI=1S/C5H12N4Si2/c1-4-2-3-6-5(7-4)8-9(10)11/h2-3H,1,10-11H3,(H,6,7,8). The number of aryl methyl sites for hydroxylation is 1. The van der Waals surface area contributed by atoms with Crippen molar-refractivity contribution in [1.82, 2.24) is 14.3 Å². The SMILES string of the molecule is Cc1ccnc(NN([SiH3])[SiH3])n1. The summed E-state index contributed by atoms with van der Waals surface area (Å²) in [5, 5.41) is 0. The van der Waals surface area contributed by atoms with Gasteiger partial charge in [0.25, 0.3) is 0 Å². The lowest BCUT2D eigenvalue weighted by atomic mass is 10.5. The van der Waals surface area contributed by atoms with Crippen molar-refractivity contribution in [1.29, 1.82) is 0 Å². The van der Waals surface area contributed by atoms with Gasteiger partial charge in [0, 0.05) is 11.9 Å². The maximum atomic E-state index is 4.19. The number of hydrogen-bond acceptors (Lipinski definition) is 4. The Balaban J connectivity index is 2.71. The van der Waals surface area contributed by atoms with E-state index in [0.29, 0.717) is 5.95 Å². The fourth-order valence-electron chi connectivity index (χ4n) is 0.703. The molecule has 0 unspecified atom stereocenters. The van der Waals surface area contributed by atoms with Crippen LogP contribution in [0, 0.1) is 6.92 Å². The largest absolute Gasteiger partial charge is 0.302 e. The van der Waals surface area contributed by atoms with Gasteiger partial charge in [-0.2, -0.15) is 0 Å². The molecule has 0 saturated carbocycles. The third-order valence-corrected chi connectivity index (χ3v) is 1.57. The van der Waals surface area contributed by atoms with Crippen molar-refractivity contribution in [3.63, 3.8) is 0 Å². The number of nitrogens with one attached hydrogen (secondary N) is 1. The summed E-state index contributed by atoms with van der Waals surface area (Å²) in [6.45, 7) is 1.96. The Morgan fingerprint density at radius 3 is 2.82 bits per heavy atom. The fourth-order valence-corrected chi connectivity index (χ4v) is 1.10. The van der Waals surface area contributed by atoms with E-state index in [4.69, 9.17) is 0 Å². The molecule has 1 aromatic rings. The van der Waals surface area contributed by atoms with Crippen molar-refractivity contribution >= 4 is 26.8 Å². The van der Waals surface area contributed by atoms with Crippen molar-refractivity contribution in [3.05, 3.63) is 18.0 Å². The van der Waals surface area contributed by atoms with Crippen LogP contribution >= 0.6 is 0 Å². The summed E-state index contributed by atoms with van der Waals surface area (Å²) in [6, 6.07) is 1.88. The highest BCUT2D eigenvalue weighted by molar-refractivity contribution is 6.25. The second-order valence-corrected chi connectivity index (χ2v) is 7.00. The van der Waals surface area contributed by atoms with Gasteiger partial charge in [-0.1, -0.05) is 0 Å². The van der Waals surface area contributed by atoms with Crippen LogP contribution in [-0.4, -0.2) is 35.1 Å². The molecule has 1 heterocycles. The monoisotopic (exact) mass is 184 g/mol. The van der Waals surface area contributed by atoms with Crippen molar-refractivity contribution in [2.75, 3.05) is 5.43 Å². The second kappa shape index (κ2) is 3.60. The van der Waals surface area contributed by atoms with Gasteiger partial charge in [-0.25, -0.2) is 9.97 Å². The third kappa shape index (κ3) is 2.78. The van der Waals surface area contributed by atoms with Crippen LogP contribution in [0.3, 0.4) is 0 Å². The molecule has 0 saturated heterocycles. The minimum Gasteiger partial charge on any atom is -0.302 e. The average Bonchev–Trinajstić information content (AvgIpc) is 1.85. The van der Waals surface area contributed by atoms with Gasteiger partial charge in [-0.05, 0) is 13.0 Å². The van der Waals surface area contributed by atoms with E-state index in [-0.39, 0.29) is 0 Å². The molecule has 1 N–H and O–H groups in total. The lowest BCUT2D eigenvalue weighted by Crippen LogP contribution is -2.24. The Morgan fingerprint density at radius 1 is 1.55 bits per heavy atom. The molecule has 0 fully saturated rings. The molecule has 6 heteroatoms. The van der Waals surface area contributed by atoms with Crippen molar-refractivity contribution < 1.29 is 0 Å². The zero-order valence-electron chi connectivity index (χ0n) is 7.00. The lowest BCUT2D eigenvalue weighted by Gasteiger charge is -2.11. The second-order valence-electron chi connectivity index (χ2n) is 2.53. The Kier molecular flexibility index (Phi) is 2.74. The summed E-state index contributed by atoms with van der Waals surface area (Å²) in [5.41, 5.74) is 4.07. The van der Waals surface area contributed by atoms with Gasteiger partial charge in [0.2, 0.25) is 5.95 Å². The highest BCUT2D eigenvalue weighted by Gasteiger charge is 1.94. The third-order valence-electron chi connectivity index (χ3n) is 1.12. The summed E-state index contributed by atoms with van der Waals surface area (Å²) < 4.78 is 2.08. The fraction of sp³-hybridized carbons (Fsp3) is 0.200. The van der Waals surface area contributed by atoms with Gasteiger partial charge in [-0.15, -0.1) is 0 Å². The average molecular weight is 184 g/mol. The Labute approximate surface area is 72.0 Å². The molecule has 0 spiro atoms. The molecule has 11 heavy (non-hydrogen) atoms. The number of aromatic nitrogens is 2. The van der Waals surface area contributed by atoms with E-state index in [1.807, 2.05) is 13.0 Å². The van der Waals surface area contributed by atoms with E-state index in [1.54, 1.807) is 6.20 Å². The van der Waals surface area contributed by atoms with E-state index >= 15 is 0 Å². The molecule has 0 aromatic carbocycles. The quantitative estimate of drug-likeness (QED) is 0.425. The minimum absolute atomic E-state index is 0.704. The molecule has 4 nitrogen and oxygen atoms in total. The Hall–Kier alpha value is -0.726. The van der Waals surface area contributed by atoms with Gasteiger partial charge in [0.15, 0.2) is 0 Å². The summed E-state index contributed by atoms with van der Waals surface area (Å²) in [6.07, 6.45) is 1.76. The molecule has 0 aliphatic heterocycles. The maximum absolute atomic E-state index is 4.19. The number of anilines is 1. The van der Waals surface area contributed by atoms with Crippen LogP contribution < -0.4 is 5.43 Å². The van der Waals surface area contributed by atoms with Crippen LogP contribution in [0.1, 0.15) is 5.69 Å². The van der Waals surface area contributed by atoms with E-state index in [2.05, 4.69) is 19.7 Å². The minimum atomic E-state index is 0.704. The first-order valence-corrected chi connectivity index (χ1v) is 5.21. The first-order chi connectivity index (χ1) is 5.18. The number of hydrazine groups is 1. The maximum Gasteiger partial charge on any atom is 0.236 e. The van der Waals surface area contributed by atoms with Gasteiger partial charge in [0.05, 0.1) is 20.8 Å². The number of rotatable bonds is 2. The molecular weight excluding hydrogens is 172 g/mol. The number of hydrogen-bond donors (Lipinski definition) is 1. The van der Waals surface area contributed by atoms with E-state index < -0.39 is 0 Å². The van der Waals surface area contributed by atoms with Crippen LogP contribution in [0.5, 0.6) is 0 Å². The van der Waals surface area contributed by atoms with Crippen molar-refractivity contribution in [2.24, 2.45) is 0 Å². The molecule has 0 aliphatic rings. The predicted octanol–water partition coefficient (Wildman–Crippen LogP) is -2.03. The Bertz CT molecular complexity index is 240. The van der Waals surface area contributed by atoms with Crippen LogP contribution in [0.25, 0.3) is 0 Å². The first-order valence-electron chi connectivity index (χ1n) is 3.42. The summed E-state index contributed by atoms with van der Waals surface area (Å²) in [4.78, 5) is 8.25. The summed E-state index contributed by atoms with van der Waals surface area (Å²) in [5.74, 6) is 0.704. The molecular formula is C5H12N4Si2. The smallest absolute Gasteiger partial charge is 0.236 e. The molecule has 0 bridgehead atoms. The van der Waals surface area contributed by atoms with Gasteiger partial charge >= 0.3 is 0 Å². The molecule has 60 valence electrons. The summed E-state index contributed by atoms with van der Waals surface area (Å²) in [7, 11) is 2.01. The molecule has 0 radical (unpaired) electrons. The molecule has 0 amide bonds. The number of nitrogens with zero attached hydrogens (tertiary/aromatic N) is 3. The van der Waals surface area contributed by atoms with E-state index in [1.165, 1.54) is 0 Å². The Morgan fingerprint density at radius 2 is 2.27 bits per heavy atom. The van der Waals surface area contributed by atoms with Crippen molar-refractivity contribution in [3.8, 4) is 0 Å². The van der Waals surface area contributed by atoms with Crippen molar-refractivity contribution in [2.45, 2.75) is 6.92 Å². The van der Waals surface area contributed by atoms with Crippen LogP contribution in [0.2, 0.25) is 0 Å². The highest BCUT2D eigenvalue weighted by atomic mass is 28.2. The highest BCUT2D eigenvalue weighted by Crippen LogP contribution is 1.97. The van der Waals surface area contributed by atoms with Crippen LogP contribution in [-0.2, 0) is 0 Å². The van der Waals surface area contributed by atoms with Crippen LogP contribution in [0.15, 0.2) is 12.3 Å². The zero-order chi connectivity index (χ0) is 8.27. The van der Waals surface area contributed by atoms with Crippen LogP contribution in [0.4, 0.5) is 5.95 Å².